The maximum absolute atomic E-state index is 13.1. The molecule has 4 aromatic rings. The lowest BCUT2D eigenvalue weighted by Gasteiger charge is -2.19. The van der Waals surface area contributed by atoms with Crippen molar-refractivity contribution < 1.29 is 4.79 Å². The SMILES string of the molecule is Cn1nccc1Nc1nccc(-c2cc(C#N)c3c(c2)CCN3C(=O)Cc2ccccc2Br)n1. The van der Waals surface area contributed by atoms with Crippen LogP contribution in [-0.2, 0) is 24.7 Å². The molecule has 0 spiro atoms. The summed E-state index contributed by atoms with van der Waals surface area (Å²) in [5.74, 6) is 1.17. The van der Waals surface area contributed by atoms with Gasteiger partial charge >= 0.3 is 0 Å². The van der Waals surface area contributed by atoms with Crippen LogP contribution in [0.3, 0.4) is 0 Å². The number of carbonyl (C=O) groups excluding carboxylic acids is 1. The van der Waals surface area contributed by atoms with Crippen molar-refractivity contribution in [2.24, 2.45) is 7.05 Å². The Morgan fingerprint density at radius 1 is 1.21 bits per heavy atom. The van der Waals surface area contributed by atoms with Gasteiger partial charge in [0.25, 0.3) is 0 Å². The van der Waals surface area contributed by atoms with Crippen molar-refractivity contribution in [1.82, 2.24) is 19.7 Å². The molecule has 1 aliphatic rings. The summed E-state index contributed by atoms with van der Waals surface area (Å²) in [7, 11) is 1.83. The van der Waals surface area contributed by atoms with Crippen molar-refractivity contribution in [3.05, 3.63) is 82.1 Å². The maximum Gasteiger partial charge on any atom is 0.231 e. The second-order valence-corrected chi connectivity index (χ2v) is 8.79. The summed E-state index contributed by atoms with van der Waals surface area (Å²) in [5.41, 5.74) is 4.55. The third-order valence-corrected chi connectivity index (χ3v) is 6.57. The number of amides is 1. The van der Waals surface area contributed by atoms with Crippen molar-refractivity contribution in [3.8, 4) is 17.3 Å². The molecule has 0 saturated carbocycles. The second kappa shape index (κ2) is 9.08. The maximum atomic E-state index is 13.1. The zero-order chi connectivity index (χ0) is 23.7. The van der Waals surface area contributed by atoms with Crippen molar-refractivity contribution >= 4 is 39.3 Å². The third kappa shape index (κ3) is 4.16. The molecule has 0 unspecified atom stereocenters. The largest absolute Gasteiger partial charge is 0.310 e. The van der Waals surface area contributed by atoms with Crippen LogP contribution < -0.4 is 10.2 Å². The van der Waals surface area contributed by atoms with Crippen LogP contribution in [0, 0.1) is 11.3 Å². The minimum atomic E-state index is -0.0281. The molecule has 34 heavy (non-hydrogen) atoms. The van der Waals surface area contributed by atoms with Crippen LogP contribution in [0.4, 0.5) is 17.5 Å². The number of nitriles is 1. The van der Waals surface area contributed by atoms with Gasteiger partial charge in [-0.1, -0.05) is 34.1 Å². The minimum Gasteiger partial charge on any atom is -0.310 e. The third-order valence-electron chi connectivity index (χ3n) is 5.80. The van der Waals surface area contributed by atoms with E-state index < -0.39 is 0 Å². The molecule has 0 fully saturated rings. The first-order valence-corrected chi connectivity index (χ1v) is 11.5. The quantitative estimate of drug-likeness (QED) is 0.424. The first kappa shape index (κ1) is 21.8. The fourth-order valence-corrected chi connectivity index (χ4v) is 4.55. The van der Waals surface area contributed by atoms with Crippen LogP contribution in [0.5, 0.6) is 0 Å². The molecule has 0 aliphatic carbocycles. The molecule has 1 aliphatic heterocycles. The average molecular weight is 514 g/mol. The summed E-state index contributed by atoms with van der Waals surface area (Å²) in [4.78, 5) is 23.8. The van der Waals surface area contributed by atoms with Crippen molar-refractivity contribution in [3.63, 3.8) is 0 Å². The second-order valence-electron chi connectivity index (χ2n) is 7.94. The van der Waals surface area contributed by atoms with E-state index in [1.807, 2.05) is 49.5 Å². The van der Waals surface area contributed by atoms with Crippen LogP contribution in [0.15, 0.2) is 65.4 Å². The van der Waals surface area contributed by atoms with Gasteiger partial charge in [-0.05, 0) is 41.8 Å². The Hall–Kier alpha value is -4.03. The lowest BCUT2D eigenvalue weighted by atomic mass is 10.0. The monoisotopic (exact) mass is 513 g/mol. The Labute approximate surface area is 205 Å². The molecule has 1 amide bonds. The number of anilines is 3. The van der Waals surface area contributed by atoms with Gasteiger partial charge in [-0.2, -0.15) is 10.4 Å². The summed E-state index contributed by atoms with van der Waals surface area (Å²) < 4.78 is 2.59. The van der Waals surface area contributed by atoms with Gasteiger partial charge in [-0.15, -0.1) is 0 Å². The number of carbonyl (C=O) groups is 1. The van der Waals surface area contributed by atoms with Gasteiger partial charge in [0.05, 0.1) is 29.6 Å². The molecular formula is C25H20BrN7O. The fourth-order valence-electron chi connectivity index (χ4n) is 4.12. The number of nitrogens with zero attached hydrogens (tertiary/aromatic N) is 6. The summed E-state index contributed by atoms with van der Waals surface area (Å²) in [6.07, 6.45) is 4.32. The Morgan fingerprint density at radius 3 is 2.82 bits per heavy atom. The van der Waals surface area contributed by atoms with E-state index in [2.05, 4.69) is 42.4 Å². The summed E-state index contributed by atoms with van der Waals surface area (Å²) in [6, 6.07) is 17.4. The predicted octanol–water partition coefficient (Wildman–Crippen LogP) is 4.39. The zero-order valence-corrected chi connectivity index (χ0v) is 20.0. The zero-order valence-electron chi connectivity index (χ0n) is 18.4. The first-order chi connectivity index (χ1) is 16.5. The lowest BCUT2D eigenvalue weighted by Crippen LogP contribution is -2.31. The number of nitrogens with one attached hydrogen (secondary N) is 1. The Kier molecular flexibility index (Phi) is 5.82. The summed E-state index contributed by atoms with van der Waals surface area (Å²) >= 11 is 3.51. The van der Waals surface area contributed by atoms with Gasteiger partial charge in [0.15, 0.2) is 0 Å². The number of halogens is 1. The number of benzene rings is 2. The molecule has 8 nitrogen and oxygen atoms in total. The molecule has 0 saturated heterocycles. The molecule has 0 radical (unpaired) electrons. The molecule has 168 valence electrons. The number of aryl methyl sites for hydroxylation is 1. The van der Waals surface area contributed by atoms with Gasteiger partial charge in [-0.25, -0.2) is 9.97 Å². The molecule has 2 aromatic carbocycles. The van der Waals surface area contributed by atoms with E-state index >= 15 is 0 Å². The lowest BCUT2D eigenvalue weighted by molar-refractivity contribution is -0.117. The number of rotatable bonds is 5. The van der Waals surface area contributed by atoms with Gasteiger partial charge in [0.2, 0.25) is 11.9 Å². The van der Waals surface area contributed by atoms with Crippen LogP contribution in [0.25, 0.3) is 11.3 Å². The average Bonchev–Trinajstić information content (AvgIpc) is 3.46. The Balaban J connectivity index is 1.44. The number of hydrogen-bond donors (Lipinski definition) is 1. The highest BCUT2D eigenvalue weighted by molar-refractivity contribution is 9.10. The molecule has 3 heterocycles. The first-order valence-electron chi connectivity index (χ1n) is 10.7. The van der Waals surface area contributed by atoms with E-state index in [9.17, 15) is 10.1 Å². The highest BCUT2D eigenvalue weighted by atomic mass is 79.9. The van der Waals surface area contributed by atoms with Gasteiger partial charge < -0.3 is 10.2 Å². The molecule has 1 N–H and O–H groups in total. The standard InChI is InChI=1S/C25H20BrN7O/c1-32-22(7-10-29-32)31-25-28-9-6-21(30-25)18-12-17-8-11-33(24(17)19(13-18)15-27)23(34)14-16-4-2-3-5-20(16)26/h2-7,9-10,12-13H,8,11,14H2,1H3,(H,28,30,31). The van der Waals surface area contributed by atoms with E-state index in [-0.39, 0.29) is 12.3 Å². The van der Waals surface area contributed by atoms with E-state index in [4.69, 9.17) is 0 Å². The van der Waals surface area contributed by atoms with E-state index in [1.54, 1.807) is 28.0 Å². The minimum absolute atomic E-state index is 0.0281. The van der Waals surface area contributed by atoms with E-state index in [0.717, 1.165) is 27.0 Å². The van der Waals surface area contributed by atoms with E-state index in [0.29, 0.717) is 35.9 Å². The number of fused-ring (bicyclic) bond motifs is 1. The normalized spacial score (nSPS) is 12.3. The van der Waals surface area contributed by atoms with Crippen LogP contribution in [-0.4, -0.2) is 32.2 Å². The molecule has 0 atom stereocenters. The molecular weight excluding hydrogens is 494 g/mol. The Bertz CT molecular complexity index is 1440. The van der Waals surface area contributed by atoms with Crippen LogP contribution >= 0.6 is 15.9 Å². The van der Waals surface area contributed by atoms with Crippen LogP contribution in [0.1, 0.15) is 16.7 Å². The predicted molar refractivity (Wildman–Crippen MR) is 133 cm³/mol. The fraction of sp³-hybridized carbons (Fsp3) is 0.160. The van der Waals surface area contributed by atoms with Crippen molar-refractivity contribution in [1.29, 1.82) is 5.26 Å². The van der Waals surface area contributed by atoms with Crippen LogP contribution in [0.2, 0.25) is 0 Å². The Morgan fingerprint density at radius 2 is 2.06 bits per heavy atom. The smallest absolute Gasteiger partial charge is 0.231 e. The van der Waals surface area contributed by atoms with Gasteiger partial charge in [0.1, 0.15) is 11.9 Å². The van der Waals surface area contributed by atoms with Crippen molar-refractivity contribution in [2.45, 2.75) is 12.8 Å². The highest BCUT2D eigenvalue weighted by Gasteiger charge is 2.29. The topological polar surface area (TPSA) is 99.7 Å². The number of aromatic nitrogens is 4. The summed E-state index contributed by atoms with van der Waals surface area (Å²) in [6.45, 7) is 0.549. The molecule has 5 rings (SSSR count). The van der Waals surface area contributed by atoms with Gasteiger partial charge in [0, 0.05) is 35.9 Å². The molecule has 9 heteroatoms. The summed E-state index contributed by atoms with van der Waals surface area (Å²) in [5, 5.41) is 17.2. The molecule has 0 bridgehead atoms. The number of hydrogen-bond acceptors (Lipinski definition) is 6. The molecule has 2 aromatic heterocycles. The van der Waals surface area contributed by atoms with Gasteiger partial charge in [-0.3, -0.25) is 9.48 Å². The van der Waals surface area contributed by atoms with E-state index in [1.165, 1.54) is 0 Å². The van der Waals surface area contributed by atoms with Crippen molar-refractivity contribution in [2.75, 3.05) is 16.8 Å². The highest BCUT2D eigenvalue weighted by Crippen LogP contribution is 2.36.